The van der Waals surface area contributed by atoms with Crippen LogP contribution in [0.25, 0.3) is 0 Å². The minimum atomic E-state index is -1.11. The number of allylic oxidation sites excluding steroid dienone is 1. The summed E-state index contributed by atoms with van der Waals surface area (Å²) in [5.74, 6) is -0.617. The molecule has 0 unspecified atom stereocenters. The first-order valence-corrected chi connectivity index (χ1v) is 10.6. The van der Waals surface area contributed by atoms with Crippen LogP contribution in [0.15, 0.2) is 36.1 Å². The first-order valence-electron chi connectivity index (χ1n) is 10.6. The lowest BCUT2D eigenvalue weighted by Crippen LogP contribution is -2.40. The maximum atomic E-state index is 13.3. The van der Waals surface area contributed by atoms with Gasteiger partial charge in [0.05, 0.1) is 31.8 Å². The largest absolute Gasteiger partial charge is 0.500 e. The number of carbonyl (C=O) groups excluding carboxylic acids is 2. The Bertz CT molecular complexity index is 770. The summed E-state index contributed by atoms with van der Waals surface area (Å²) in [6.45, 7) is 12.3. The molecule has 3 atom stereocenters. The number of aliphatic hydroxyl groups excluding tert-OH is 1. The van der Waals surface area contributed by atoms with E-state index in [0.717, 1.165) is 11.3 Å². The van der Waals surface area contributed by atoms with Crippen molar-refractivity contribution in [2.45, 2.75) is 66.6 Å². The molecule has 0 radical (unpaired) electrons. The zero-order valence-electron chi connectivity index (χ0n) is 20.3. The molecule has 1 rings (SSSR count). The van der Waals surface area contributed by atoms with Crippen LogP contribution in [0.4, 0.5) is 0 Å². The molecule has 6 heteroatoms. The lowest BCUT2D eigenvalue weighted by molar-refractivity contribution is -0.148. The number of esters is 1. The molecule has 174 valence electrons. The molecular weight excluding hydrogens is 396 g/mol. The lowest BCUT2D eigenvalue weighted by Gasteiger charge is -2.32. The topological polar surface area (TPSA) is 82.1 Å². The Morgan fingerprint density at radius 3 is 2.03 bits per heavy atom. The third-order valence-corrected chi connectivity index (χ3v) is 5.33. The second kappa shape index (κ2) is 10.8. The van der Waals surface area contributed by atoms with Crippen LogP contribution in [0.5, 0.6) is 5.75 Å². The number of Topliss-reactive ketones (excluding diaryl/α,β-unsaturated/α-hetero) is 1. The summed E-state index contributed by atoms with van der Waals surface area (Å²) in [5.41, 5.74) is -0.707. The van der Waals surface area contributed by atoms with E-state index in [1.165, 1.54) is 13.2 Å². The maximum absolute atomic E-state index is 13.3. The molecule has 0 aliphatic heterocycles. The van der Waals surface area contributed by atoms with Gasteiger partial charge in [-0.1, -0.05) is 26.0 Å². The quantitative estimate of drug-likeness (QED) is 0.335. The van der Waals surface area contributed by atoms with Gasteiger partial charge in [0.2, 0.25) is 0 Å². The van der Waals surface area contributed by atoms with Crippen molar-refractivity contribution in [2.75, 3.05) is 14.2 Å². The molecule has 0 amide bonds. The predicted molar refractivity (Wildman–Crippen MR) is 121 cm³/mol. The average Bonchev–Trinajstić information content (AvgIpc) is 2.69. The third kappa shape index (κ3) is 7.69. The standard InChI is InChI=1S/C25H38O6/c1-16(14-18-10-12-19(29-8)13-11-18)22(27)17(2)23(28)25(6,7)20(30-9)15-21(26)31-24(3,4)5/h10-13,15-17,22,27H,14H2,1-9H3/b20-15-/t16-,17-,22+/m1/s1. The summed E-state index contributed by atoms with van der Waals surface area (Å²) < 4.78 is 15.9. The van der Waals surface area contributed by atoms with Crippen LogP contribution in [0.2, 0.25) is 0 Å². The van der Waals surface area contributed by atoms with Gasteiger partial charge in [0.15, 0.2) is 5.78 Å². The van der Waals surface area contributed by atoms with Gasteiger partial charge >= 0.3 is 5.97 Å². The van der Waals surface area contributed by atoms with Crippen molar-refractivity contribution in [3.8, 4) is 5.75 Å². The van der Waals surface area contributed by atoms with E-state index in [-0.39, 0.29) is 17.5 Å². The molecular formula is C25H38O6. The molecule has 0 heterocycles. The van der Waals surface area contributed by atoms with Crippen LogP contribution in [-0.2, 0) is 25.5 Å². The third-order valence-electron chi connectivity index (χ3n) is 5.33. The smallest absolute Gasteiger partial charge is 0.334 e. The fraction of sp³-hybridized carbons (Fsp3) is 0.600. The second-order valence-corrected chi connectivity index (χ2v) is 9.54. The van der Waals surface area contributed by atoms with Gasteiger partial charge in [0.1, 0.15) is 17.1 Å². The van der Waals surface area contributed by atoms with Crippen molar-refractivity contribution >= 4 is 11.8 Å². The number of aliphatic hydroxyl groups is 1. The van der Waals surface area contributed by atoms with Crippen molar-refractivity contribution in [3.05, 3.63) is 41.7 Å². The predicted octanol–water partition coefficient (Wildman–Crippen LogP) is 4.34. The monoisotopic (exact) mass is 434 g/mol. The number of rotatable bonds is 10. The van der Waals surface area contributed by atoms with Crippen LogP contribution in [0, 0.1) is 17.3 Å². The zero-order chi connectivity index (χ0) is 24.0. The van der Waals surface area contributed by atoms with E-state index in [0.29, 0.717) is 6.42 Å². The first kappa shape index (κ1) is 26.7. The Kier molecular flexibility index (Phi) is 9.30. The van der Waals surface area contributed by atoms with Gasteiger partial charge in [0.25, 0.3) is 0 Å². The fourth-order valence-corrected chi connectivity index (χ4v) is 3.53. The summed E-state index contributed by atoms with van der Waals surface area (Å²) in [5, 5.41) is 10.9. The van der Waals surface area contributed by atoms with Crippen molar-refractivity contribution in [3.63, 3.8) is 0 Å². The number of ether oxygens (including phenoxy) is 3. The Morgan fingerprint density at radius 2 is 1.58 bits per heavy atom. The Hall–Kier alpha value is -2.34. The molecule has 1 aromatic carbocycles. The Balaban J connectivity index is 2.94. The minimum absolute atomic E-state index is 0.149. The molecule has 0 saturated heterocycles. The Morgan fingerprint density at radius 1 is 1.03 bits per heavy atom. The van der Waals surface area contributed by atoms with Crippen LogP contribution in [-0.4, -0.2) is 42.8 Å². The highest BCUT2D eigenvalue weighted by Crippen LogP contribution is 2.34. The average molecular weight is 435 g/mol. The van der Waals surface area contributed by atoms with Gasteiger partial charge in [-0.25, -0.2) is 4.79 Å². The van der Waals surface area contributed by atoms with Crippen molar-refractivity contribution in [1.29, 1.82) is 0 Å². The van der Waals surface area contributed by atoms with Gasteiger partial charge in [-0.3, -0.25) is 4.79 Å². The number of benzene rings is 1. The summed E-state index contributed by atoms with van der Waals surface area (Å²) in [6, 6.07) is 7.65. The van der Waals surface area contributed by atoms with E-state index in [1.807, 2.05) is 31.2 Å². The molecule has 0 saturated carbocycles. The Labute approximate surface area is 186 Å². The first-order chi connectivity index (χ1) is 14.2. The van der Waals surface area contributed by atoms with Crippen molar-refractivity contribution in [1.82, 2.24) is 0 Å². The van der Waals surface area contributed by atoms with Crippen LogP contribution in [0.1, 0.15) is 54.0 Å². The van der Waals surface area contributed by atoms with Gasteiger partial charge in [0, 0.05) is 5.92 Å². The fourth-order valence-electron chi connectivity index (χ4n) is 3.53. The molecule has 1 aromatic rings. The number of carbonyl (C=O) groups is 2. The summed E-state index contributed by atoms with van der Waals surface area (Å²) >= 11 is 0. The molecule has 1 N–H and O–H groups in total. The van der Waals surface area contributed by atoms with E-state index in [2.05, 4.69) is 0 Å². The molecule has 0 fully saturated rings. The molecule has 0 spiro atoms. The van der Waals surface area contributed by atoms with E-state index in [9.17, 15) is 14.7 Å². The van der Waals surface area contributed by atoms with Gasteiger partial charge in [-0.15, -0.1) is 0 Å². The van der Waals surface area contributed by atoms with Crippen molar-refractivity contribution < 1.29 is 28.9 Å². The van der Waals surface area contributed by atoms with Crippen LogP contribution >= 0.6 is 0 Å². The van der Waals surface area contributed by atoms with Gasteiger partial charge in [-0.2, -0.15) is 0 Å². The number of hydrogen-bond acceptors (Lipinski definition) is 6. The van der Waals surface area contributed by atoms with Crippen molar-refractivity contribution in [2.24, 2.45) is 17.3 Å². The highest BCUT2D eigenvalue weighted by Gasteiger charge is 2.40. The molecule has 31 heavy (non-hydrogen) atoms. The molecule has 0 aliphatic rings. The second-order valence-electron chi connectivity index (χ2n) is 9.54. The minimum Gasteiger partial charge on any atom is -0.500 e. The highest BCUT2D eigenvalue weighted by molar-refractivity contribution is 5.91. The molecule has 0 bridgehead atoms. The van der Waals surface area contributed by atoms with Crippen LogP contribution in [0.3, 0.4) is 0 Å². The van der Waals surface area contributed by atoms with E-state index >= 15 is 0 Å². The lowest BCUT2D eigenvalue weighted by atomic mass is 9.75. The SMILES string of the molecule is CO/C(=C\C(=O)OC(C)(C)C)C(C)(C)C(=O)[C@H](C)[C@@H](O)[C@H](C)Cc1ccc(OC)cc1. The molecule has 0 aromatic heterocycles. The summed E-state index contributed by atoms with van der Waals surface area (Å²) in [6.07, 6.45) is 0.977. The normalized spacial score (nSPS) is 15.6. The van der Waals surface area contributed by atoms with Crippen LogP contribution < -0.4 is 4.74 Å². The molecule has 6 nitrogen and oxygen atoms in total. The van der Waals surface area contributed by atoms with E-state index < -0.39 is 29.0 Å². The number of hydrogen-bond donors (Lipinski definition) is 1. The van der Waals surface area contributed by atoms with E-state index in [1.54, 1.807) is 48.7 Å². The summed E-state index contributed by atoms with van der Waals surface area (Å²) in [4.78, 5) is 25.5. The summed E-state index contributed by atoms with van der Waals surface area (Å²) in [7, 11) is 3.03. The van der Waals surface area contributed by atoms with Gasteiger partial charge < -0.3 is 19.3 Å². The highest BCUT2D eigenvalue weighted by atomic mass is 16.6. The number of methoxy groups -OCH3 is 2. The zero-order valence-corrected chi connectivity index (χ0v) is 20.3. The molecule has 0 aliphatic carbocycles. The van der Waals surface area contributed by atoms with E-state index in [4.69, 9.17) is 14.2 Å². The number of ketones is 1. The maximum Gasteiger partial charge on any atom is 0.334 e. The van der Waals surface area contributed by atoms with Gasteiger partial charge in [-0.05, 0) is 64.7 Å².